The summed E-state index contributed by atoms with van der Waals surface area (Å²) >= 11 is 8.28. The largest absolute Gasteiger partial charge is 0.543 e. The second-order valence-corrected chi connectivity index (χ2v) is 16.3. The van der Waals surface area contributed by atoms with Gasteiger partial charge in [0.15, 0.2) is 33.8 Å². The van der Waals surface area contributed by atoms with E-state index < -0.39 is 88.7 Å². The van der Waals surface area contributed by atoms with Crippen LogP contribution in [0.5, 0.6) is 11.5 Å². The standard InChI is InChI=1S/C33H34ClN7O13S2/c34-22-15(1-2-18(42)26(22)46)23(38-53)27(47)36-12-33-3-5-41(13-33,6-4-33)9-14-10-55-29-16(28(48)40(29)25(14)31(51)52)7-19(43)24(17-11-56-32(35)37-17)39-54-20(30(49)50)8-21(44)45/h1-2,11,16,20,29H,3-10,12-13H2,(H8-,35,36,37,38,39,42,43,44,45,46,47,49,50,51,52,53)/t16-,20+,29-,33?,41?/m1/s1. The lowest BCUT2D eigenvalue weighted by Gasteiger charge is -2.51. The van der Waals surface area contributed by atoms with E-state index in [-0.39, 0.29) is 44.8 Å². The van der Waals surface area contributed by atoms with Crippen LogP contribution in [-0.2, 0) is 33.6 Å². The smallest absolute Gasteiger partial charge is 0.348 e. The first kappa shape index (κ1) is 40.2. The topological polar surface area (TPSA) is 315 Å². The van der Waals surface area contributed by atoms with E-state index in [0.29, 0.717) is 49.1 Å². The molecule has 2 bridgehead atoms. The number of aromatic hydroxyl groups is 2. The number of β-lactam (4-membered cyclic amide) rings is 1. The normalized spacial score (nSPS) is 25.0. The Labute approximate surface area is 329 Å². The summed E-state index contributed by atoms with van der Waals surface area (Å²) in [6.45, 7) is 2.36. The molecule has 6 rings (SSSR count). The van der Waals surface area contributed by atoms with Gasteiger partial charge >= 0.3 is 11.9 Å². The minimum atomic E-state index is -1.93. The number of carbonyl (C=O) groups is 6. The second-order valence-electron chi connectivity index (χ2n) is 14.0. The van der Waals surface area contributed by atoms with Crippen molar-refractivity contribution in [2.24, 2.45) is 21.6 Å². The SMILES string of the molecule is Nc1nc(/C(=N/O[C@@H](CC(=O)O)C(=O)O)C(=O)C[C@@H]2C(=O)N3C(C(=O)[O-])=C(C[N+]45CCC(CNC(=O)/C(=N\O)c6ccc(O)c(O)c6Cl)(CC4)C5)CS[C@H]23)cs1. The monoisotopic (exact) mass is 835 g/mol. The average molecular weight is 836 g/mol. The van der Waals surface area contributed by atoms with E-state index in [1.165, 1.54) is 23.2 Å². The van der Waals surface area contributed by atoms with Crippen molar-refractivity contribution in [3.63, 3.8) is 0 Å². The average Bonchev–Trinajstić information content (AvgIpc) is 3.85. The number of nitrogens with two attached hydrogens (primary N) is 1. The molecule has 0 spiro atoms. The van der Waals surface area contributed by atoms with E-state index in [0.717, 1.165) is 22.3 Å². The molecule has 56 heavy (non-hydrogen) atoms. The number of benzene rings is 1. The molecule has 3 atom stereocenters. The highest BCUT2D eigenvalue weighted by Crippen LogP contribution is 2.49. The number of aromatic nitrogens is 1. The number of hydrogen-bond acceptors (Lipinski definition) is 17. The molecule has 1 aromatic carbocycles. The van der Waals surface area contributed by atoms with Gasteiger partial charge in [0, 0.05) is 53.5 Å². The number of thiazole rings is 1. The minimum Gasteiger partial charge on any atom is -0.543 e. The number of carboxylic acid groups (broad SMARTS) is 3. The van der Waals surface area contributed by atoms with Gasteiger partial charge in [0.2, 0.25) is 12.0 Å². The van der Waals surface area contributed by atoms with Gasteiger partial charge in [-0.05, 0) is 12.1 Å². The Morgan fingerprint density at radius 2 is 1.89 bits per heavy atom. The summed E-state index contributed by atoms with van der Waals surface area (Å²) in [5.74, 6) is -8.88. The maximum atomic E-state index is 13.5. The molecule has 2 amide bonds. The number of nitrogens with one attached hydrogen (secondary N) is 1. The number of phenols is 2. The minimum absolute atomic E-state index is 0.0402. The van der Waals surface area contributed by atoms with Crippen molar-refractivity contribution in [3.05, 3.63) is 45.1 Å². The summed E-state index contributed by atoms with van der Waals surface area (Å²) in [5, 5.41) is 69.9. The summed E-state index contributed by atoms with van der Waals surface area (Å²) in [6, 6.07) is 2.32. The molecule has 3 saturated heterocycles. The molecule has 2 aromatic rings. The number of carbonyl (C=O) groups excluding carboxylic acids is 4. The van der Waals surface area contributed by atoms with Gasteiger partial charge in [-0.2, -0.15) is 0 Å². The Morgan fingerprint density at radius 3 is 2.50 bits per heavy atom. The van der Waals surface area contributed by atoms with E-state index in [9.17, 15) is 54.4 Å². The Hall–Kier alpha value is -5.45. The molecule has 8 N–H and O–H groups in total. The highest BCUT2D eigenvalue weighted by molar-refractivity contribution is 8.00. The van der Waals surface area contributed by atoms with Crippen molar-refractivity contribution < 1.29 is 68.8 Å². The number of amides is 2. The third-order valence-corrected chi connectivity index (χ3v) is 12.9. The van der Waals surface area contributed by atoms with Crippen LogP contribution in [0, 0.1) is 11.3 Å². The van der Waals surface area contributed by atoms with Crippen LogP contribution in [-0.4, -0.2) is 137 Å². The number of nitrogen functional groups attached to an aromatic ring is 1. The van der Waals surface area contributed by atoms with Crippen molar-refractivity contribution in [2.75, 3.05) is 44.2 Å². The number of thioether (sulfide) groups is 1. The van der Waals surface area contributed by atoms with Crippen LogP contribution in [0.4, 0.5) is 5.13 Å². The van der Waals surface area contributed by atoms with Crippen LogP contribution in [0.15, 0.2) is 39.1 Å². The molecule has 3 fully saturated rings. The molecule has 0 radical (unpaired) electrons. The number of Topliss-reactive ketones (excluding diaryl/α,β-unsaturated/α-hetero) is 1. The first-order valence-corrected chi connectivity index (χ1v) is 19.2. The van der Waals surface area contributed by atoms with Crippen molar-refractivity contribution in [1.82, 2.24) is 15.2 Å². The zero-order chi connectivity index (χ0) is 40.7. The van der Waals surface area contributed by atoms with Crippen molar-refractivity contribution in [1.29, 1.82) is 0 Å². The molecule has 20 nitrogen and oxygen atoms in total. The predicted molar refractivity (Wildman–Crippen MR) is 194 cm³/mol. The summed E-state index contributed by atoms with van der Waals surface area (Å²) < 4.78 is 0.492. The van der Waals surface area contributed by atoms with Crippen LogP contribution in [0.3, 0.4) is 0 Å². The molecule has 4 aliphatic heterocycles. The van der Waals surface area contributed by atoms with Gasteiger partial charge in [0.1, 0.15) is 12.2 Å². The van der Waals surface area contributed by atoms with E-state index >= 15 is 0 Å². The third-order valence-electron chi connectivity index (χ3n) is 10.4. The number of phenolic OH excluding ortho intramolecular Hbond substituents is 2. The van der Waals surface area contributed by atoms with Gasteiger partial charge in [-0.1, -0.05) is 21.9 Å². The molecule has 0 unspecified atom stereocenters. The lowest BCUT2D eigenvalue weighted by molar-refractivity contribution is -0.904. The first-order chi connectivity index (χ1) is 26.5. The maximum absolute atomic E-state index is 13.5. The second kappa shape index (κ2) is 15.6. The van der Waals surface area contributed by atoms with Crippen LogP contribution < -0.4 is 16.2 Å². The summed E-state index contributed by atoms with van der Waals surface area (Å²) in [5.41, 5.74) is 4.41. The van der Waals surface area contributed by atoms with Crippen LogP contribution >= 0.6 is 34.7 Å². The summed E-state index contributed by atoms with van der Waals surface area (Å²) in [4.78, 5) is 85.3. The molecular weight excluding hydrogens is 802 g/mol. The number of oxime groups is 2. The molecule has 298 valence electrons. The molecule has 0 saturated carbocycles. The van der Waals surface area contributed by atoms with Gasteiger partial charge < -0.3 is 55.9 Å². The number of carboxylic acids is 3. The number of aliphatic carboxylic acids is 3. The first-order valence-electron chi connectivity index (χ1n) is 16.9. The zero-order valence-corrected chi connectivity index (χ0v) is 31.4. The number of ketones is 1. The van der Waals surface area contributed by atoms with Crippen molar-refractivity contribution >= 4 is 86.8 Å². The van der Waals surface area contributed by atoms with Gasteiger partial charge in [-0.3, -0.25) is 24.1 Å². The number of piperidine rings is 1. The Balaban J connectivity index is 1.13. The maximum Gasteiger partial charge on any atom is 0.348 e. The fourth-order valence-electron chi connectivity index (χ4n) is 7.68. The quantitative estimate of drug-likeness (QED) is 0.0281. The third kappa shape index (κ3) is 7.68. The number of hydrogen-bond donors (Lipinski definition) is 7. The lowest BCUT2D eigenvalue weighted by Crippen LogP contribution is -2.63. The fourth-order valence-corrected chi connectivity index (χ4v) is 9.88. The van der Waals surface area contributed by atoms with Gasteiger partial charge in [-0.15, -0.1) is 23.1 Å². The highest BCUT2D eigenvalue weighted by Gasteiger charge is 2.58. The van der Waals surface area contributed by atoms with E-state index in [4.69, 9.17) is 27.3 Å². The van der Waals surface area contributed by atoms with E-state index in [2.05, 4.69) is 20.6 Å². The molecular formula is C33H34ClN7O13S2. The molecule has 5 heterocycles. The molecule has 1 aromatic heterocycles. The number of rotatable bonds is 16. The van der Waals surface area contributed by atoms with Gasteiger partial charge in [0.25, 0.3) is 5.91 Å². The molecule has 23 heteroatoms. The Kier molecular flexibility index (Phi) is 11.2. The Morgan fingerprint density at radius 1 is 1.18 bits per heavy atom. The zero-order valence-electron chi connectivity index (χ0n) is 29.0. The van der Waals surface area contributed by atoms with Crippen LogP contribution in [0.1, 0.15) is 36.9 Å². The lowest BCUT2D eigenvalue weighted by atomic mass is 9.84. The van der Waals surface area contributed by atoms with Crippen LogP contribution in [0.25, 0.3) is 0 Å². The van der Waals surface area contributed by atoms with E-state index in [1.54, 1.807) is 0 Å². The fraction of sp³-hybridized carbons (Fsp3) is 0.424. The number of fused-ring (bicyclic) bond motifs is 3. The Bertz CT molecular complexity index is 2110. The number of nitrogens with zero attached hydrogens (tertiary/aromatic N) is 5. The van der Waals surface area contributed by atoms with E-state index in [1.807, 2.05) is 0 Å². The number of quaternary nitrogens is 1. The number of anilines is 1. The van der Waals surface area contributed by atoms with Crippen molar-refractivity contribution in [3.8, 4) is 11.5 Å². The van der Waals surface area contributed by atoms with Gasteiger partial charge in [-0.25, -0.2) is 9.78 Å². The predicted octanol–water partition coefficient (Wildman–Crippen LogP) is -0.462. The summed E-state index contributed by atoms with van der Waals surface area (Å²) in [6.07, 6.45) is -2.01. The summed E-state index contributed by atoms with van der Waals surface area (Å²) in [7, 11) is 0. The van der Waals surface area contributed by atoms with Crippen LogP contribution in [0.2, 0.25) is 5.02 Å². The van der Waals surface area contributed by atoms with Gasteiger partial charge in [0.05, 0.1) is 54.0 Å². The molecule has 4 aliphatic rings. The van der Waals surface area contributed by atoms with Crippen molar-refractivity contribution in [2.45, 2.75) is 37.2 Å². The highest BCUT2D eigenvalue weighted by atomic mass is 35.5. The molecule has 0 aliphatic carbocycles. The number of halogens is 1.